The Labute approximate surface area is 221 Å². The minimum absolute atomic E-state index is 0.00858. The maximum absolute atomic E-state index is 13.2. The van der Waals surface area contributed by atoms with Crippen molar-refractivity contribution < 1.29 is 19.1 Å². The summed E-state index contributed by atoms with van der Waals surface area (Å²) in [6.45, 7) is 4.37. The molecule has 1 saturated heterocycles. The van der Waals surface area contributed by atoms with Crippen LogP contribution in [0.1, 0.15) is 44.7 Å². The quantitative estimate of drug-likeness (QED) is 0.412. The van der Waals surface area contributed by atoms with Gasteiger partial charge in [-0.2, -0.15) is 0 Å². The van der Waals surface area contributed by atoms with E-state index in [1.54, 1.807) is 30.3 Å². The van der Waals surface area contributed by atoms with Gasteiger partial charge in [-0.05, 0) is 61.5 Å². The fourth-order valence-electron chi connectivity index (χ4n) is 4.92. The number of carbonyl (C=O) groups excluding carboxylic acids is 3. The largest absolute Gasteiger partial charge is 0.465 e. The number of benzene rings is 3. The van der Waals surface area contributed by atoms with Crippen LogP contribution < -0.4 is 5.32 Å². The van der Waals surface area contributed by atoms with E-state index in [0.717, 1.165) is 17.7 Å². The van der Waals surface area contributed by atoms with Crippen molar-refractivity contribution in [1.82, 2.24) is 9.80 Å². The van der Waals surface area contributed by atoms with Crippen molar-refractivity contribution in [3.63, 3.8) is 0 Å². The highest BCUT2D eigenvalue weighted by atomic mass is 16.5. The lowest BCUT2D eigenvalue weighted by atomic mass is 9.90. The van der Waals surface area contributed by atoms with Crippen molar-refractivity contribution in [3.05, 3.63) is 95.1 Å². The number of fused-ring (bicyclic) bond motifs is 1. The van der Waals surface area contributed by atoms with E-state index < -0.39 is 11.9 Å². The molecule has 2 atom stereocenters. The smallest absolute Gasteiger partial charge is 0.337 e. The van der Waals surface area contributed by atoms with E-state index >= 15 is 0 Å². The van der Waals surface area contributed by atoms with Gasteiger partial charge in [-0.3, -0.25) is 14.6 Å². The van der Waals surface area contributed by atoms with Crippen LogP contribution in [0.2, 0.25) is 0 Å². The van der Waals surface area contributed by atoms with Crippen LogP contribution in [-0.2, 0) is 9.53 Å². The number of likely N-dealkylation sites (N-methyl/N-ethyl adjacent to an activating group) is 1. The Kier molecular flexibility index (Phi) is 7.07. The lowest BCUT2D eigenvalue weighted by Gasteiger charge is -2.37. The number of piperazine rings is 1. The predicted molar refractivity (Wildman–Crippen MR) is 146 cm³/mol. The molecule has 8 nitrogen and oxygen atoms in total. The first-order valence-electron chi connectivity index (χ1n) is 12.6. The highest BCUT2D eigenvalue weighted by molar-refractivity contribution is 6.24. The molecule has 2 aliphatic rings. The zero-order chi connectivity index (χ0) is 26.8. The van der Waals surface area contributed by atoms with Crippen molar-refractivity contribution in [3.8, 4) is 0 Å². The third kappa shape index (κ3) is 4.95. The van der Waals surface area contributed by atoms with Crippen molar-refractivity contribution in [2.75, 3.05) is 39.1 Å². The number of ether oxygens (including phenoxy) is 1. The number of nitrogens with one attached hydrogen (secondary N) is 1. The minimum atomic E-state index is -0.660. The zero-order valence-electron chi connectivity index (χ0n) is 21.7. The average Bonchev–Trinajstić information content (AvgIpc) is 3.27. The number of aliphatic imine (C=N–C) groups is 1. The summed E-state index contributed by atoms with van der Waals surface area (Å²) in [6, 6.07) is 22.1. The molecular weight excluding hydrogens is 480 g/mol. The number of carbonyl (C=O) groups is 3. The van der Waals surface area contributed by atoms with Gasteiger partial charge in [0, 0.05) is 36.9 Å². The van der Waals surface area contributed by atoms with Crippen molar-refractivity contribution in [2.45, 2.75) is 18.9 Å². The SMILES string of the molecule is COC(=O)c1ccc2c(c1)NC(=O)C2C(=Nc1ccc(C(=O)N2CCN(C)[C@H](C)C2)cc1)c1ccccc1. The number of hydrogen-bond donors (Lipinski definition) is 1. The summed E-state index contributed by atoms with van der Waals surface area (Å²) in [4.78, 5) is 47.3. The first-order chi connectivity index (χ1) is 18.4. The van der Waals surface area contributed by atoms with Gasteiger partial charge in [0.2, 0.25) is 5.91 Å². The number of anilines is 1. The molecule has 0 aromatic heterocycles. The second kappa shape index (κ2) is 10.6. The minimum Gasteiger partial charge on any atom is -0.465 e. The second-order valence-electron chi connectivity index (χ2n) is 9.71. The number of esters is 1. The molecule has 38 heavy (non-hydrogen) atoms. The van der Waals surface area contributed by atoms with Crippen LogP contribution in [0.25, 0.3) is 0 Å². The van der Waals surface area contributed by atoms with Gasteiger partial charge in [-0.1, -0.05) is 36.4 Å². The molecule has 194 valence electrons. The van der Waals surface area contributed by atoms with Gasteiger partial charge in [0.15, 0.2) is 0 Å². The van der Waals surface area contributed by atoms with Gasteiger partial charge in [0.1, 0.15) is 5.92 Å². The summed E-state index contributed by atoms with van der Waals surface area (Å²) in [5, 5.41) is 2.89. The lowest BCUT2D eigenvalue weighted by molar-refractivity contribution is -0.115. The maximum atomic E-state index is 13.2. The van der Waals surface area contributed by atoms with E-state index in [-0.39, 0.29) is 11.8 Å². The normalized spacial score (nSPS) is 19.6. The highest BCUT2D eigenvalue weighted by Gasteiger charge is 2.36. The van der Waals surface area contributed by atoms with Crippen LogP contribution in [0.5, 0.6) is 0 Å². The molecule has 5 rings (SSSR count). The van der Waals surface area contributed by atoms with Crippen molar-refractivity contribution in [1.29, 1.82) is 0 Å². The maximum Gasteiger partial charge on any atom is 0.337 e. The molecule has 8 heteroatoms. The third-order valence-corrected chi connectivity index (χ3v) is 7.26. The zero-order valence-corrected chi connectivity index (χ0v) is 21.7. The predicted octanol–water partition coefficient (Wildman–Crippen LogP) is 4.11. The Morgan fingerprint density at radius 2 is 1.66 bits per heavy atom. The van der Waals surface area contributed by atoms with Crippen molar-refractivity contribution in [2.24, 2.45) is 4.99 Å². The van der Waals surface area contributed by atoms with Gasteiger partial charge in [-0.15, -0.1) is 0 Å². The second-order valence-corrected chi connectivity index (χ2v) is 9.71. The molecule has 0 radical (unpaired) electrons. The van der Waals surface area contributed by atoms with E-state index in [1.807, 2.05) is 47.4 Å². The lowest BCUT2D eigenvalue weighted by Crippen LogP contribution is -2.51. The fourth-order valence-corrected chi connectivity index (χ4v) is 4.92. The molecule has 3 aromatic carbocycles. The fraction of sp³-hybridized carbons (Fsp3) is 0.267. The summed E-state index contributed by atoms with van der Waals surface area (Å²) in [7, 11) is 3.40. The Morgan fingerprint density at radius 1 is 0.947 bits per heavy atom. The number of rotatable bonds is 5. The molecule has 0 saturated carbocycles. The molecule has 1 unspecified atom stereocenters. The monoisotopic (exact) mass is 510 g/mol. The third-order valence-electron chi connectivity index (χ3n) is 7.26. The molecule has 0 bridgehead atoms. The summed E-state index contributed by atoms with van der Waals surface area (Å²) in [5.41, 5.74) is 4.31. The summed E-state index contributed by atoms with van der Waals surface area (Å²) >= 11 is 0. The topological polar surface area (TPSA) is 91.3 Å². The van der Waals surface area contributed by atoms with Crippen LogP contribution in [0.3, 0.4) is 0 Å². The Bertz CT molecular complexity index is 1400. The standard InChI is InChI=1S/C30H30N4O4/c1-19-18-34(16-15-33(19)2)29(36)21-9-12-23(13-10-21)31-27(20-7-5-4-6-8-20)26-24-14-11-22(30(37)38-3)17-25(24)32-28(26)35/h4-14,17,19,26H,15-16,18H2,1-3H3,(H,32,35)/t19-,26?/m1/s1. The van der Waals surface area contributed by atoms with E-state index in [2.05, 4.69) is 24.2 Å². The average molecular weight is 511 g/mol. The molecule has 1 fully saturated rings. The van der Waals surface area contributed by atoms with Crippen LogP contribution in [0.15, 0.2) is 77.8 Å². The summed E-state index contributed by atoms with van der Waals surface area (Å²) in [5.74, 6) is -1.34. The number of nitrogens with zero attached hydrogens (tertiary/aromatic N) is 3. The van der Waals surface area contributed by atoms with E-state index in [0.29, 0.717) is 47.3 Å². The first-order valence-corrected chi connectivity index (χ1v) is 12.6. The number of hydrogen-bond acceptors (Lipinski definition) is 6. The molecule has 3 aromatic rings. The number of amides is 2. The van der Waals surface area contributed by atoms with Crippen LogP contribution in [-0.4, -0.2) is 73.1 Å². The van der Waals surface area contributed by atoms with Gasteiger partial charge in [-0.25, -0.2) is 4.79 Å². The number of methoxy groups -OCH3 is 1. The Balaban J connectivity index is 1.47. The Morgan fingerprint density at radius 3 is 2.34 bits per heavy atom. The summed E-state index contributed by atoms with van der Waals surface area (Å²) < 4.78 is 4.82. The molecule has 2 heterocycles. The van der Waals surface area contributed by atoms with Gasteiger partial charge in [0.05, 0.1) is 24.1 Å². The van der Waals surface area contributed by atoms with Crippen molar-refractivity contribution >= 4 is 34.9 Å². The van der Waals surface area contributed by atoms with Gasteiger partial charge >= 0.3 is 5.97 Å². The first kappa shape index (κ1) is 25.4. The molecular formula is C30H30N4O4. The molecule has 1 N–H and O–H groups in total. The van der Waals surface area contributed by atoms with Crippen LogP contribution in [0.4, 0.5) is 11.4 Å². The molecule has 2 amide bonds. The van der Waals surface area contributed by atoms with Gasteiger partial charge < -0.3 is 19.9 Å². The van der Waals surface area contributed by atoms with E-state index in [1.165, 1.54) is 7.11 Å². The summed E-state index contributed by atoms with van der Waals surface area (Å²) in [6.07, 6.45) is 0. The molecule has 0 spiro atoms. The molecule has 0 aliphatic carbocycles. The highest BCUT2D eigenvalue weighted by Crippen LogP contribution is 2.37. The Hall–Kier alpha value is -4.30. The van der Waals surface area contributed by atoms with Gasteiger partial charge in [0.25, 0.3) is 5.91 Å². The van der Waals surface area contributed by atoms with E-state index in [4.69, 9.17) is 9.73 Å². The molecule has 2 aliphatic heterocycles. The van der Waals surface area contributed by atoms with Crippen LogP contribution >= 0.6 is 0 Å². The van der Waals surface area contributed by atoms with Crippen LogP contribution in [0, 0.1) is 0 Å². The van der Waals surface area contributed by atoms with E-state index in [9.17, 15) is 14.4 Å².